The Bertz CT molecular complexity index is 1340. The van der Waals surface area contributed by atoms with Gasteiger partial charge >= 0.3 is 0 Å². The lowest BCUT2D eigenvalue weighted by Crippen LogP contribution is -2.35. The molecule has 0 radical (unpaired) electrons. The second-order valence-electron chi connectivity index (χ2n) is 9.90. The van der Waals surface area contributed by atoms with Gasteiger partial charge in [-0.05, 0) is 82.1 Å². The predicted octanol–water partition coefficient (Wildman–Crippen LogP) is 5.04. The summed E-state index contributed by atoms with van der Waals surface area (Å²) in [5, 5.41) is 11.5. The topological polar surface area (TPSA) is 104 Å². The van der Waals surface area contributed by atoms with Crippen LogP contribution < -0.4 is 19.9 Å². The van der Waals surface area contributed by atoms with Crippen LogP contribution in [0.5, 0.6) is 17.2 Å². The lowest BCUT2D eigenvalue weighted by molar-refractivity contribution is 0.0396. The van der Waals surface area contributed by atoms with Gasteiger partial charge in [0.1, 0.15) is 23.7 Å². The Hall–Kier alpha value is -3.49. The zero-order valence-electron chi connectivity index (χ0n) is 21.9. The minimum atomic E-state index is -1.44. The maximum Gasteiger partial charge on any atom is 0.163 e. The SMILES string of the molecule is CCOc1ccc(C(=O)CC[C@@](C)(O)c2cc3c(c(-c4ccc(F)c(C)c4)n2)OC[C@]3(C)N)cc1OC. The molecule has 0 bridgehead atoms. The van der Waals surface area contributed by atoms with Gasteiger partial charge < -0.3 is 25.1 Å². The molecule has 1 aliphatic heterocycles. The van der Waals surface area contributed by atoms with Crippen LogP contribution in [0, 0.1) is 12.7 Å². The van der Waals surface area contributed by atoms with Crippen LogP contribution >= 0.6 is 0 Å². The van der Waals surface area contributed by atoms with Gasteiger partial charge in [0.25, 0.3) is 0 Å². The molecule has 8 heteroatoms. The number of methoxy groups -OCH3 is 1. The number of Topliss-reactive ketones (excluding diaryl/α,β-unsaturated/α-hetero) is 1. The standard InChI is InChI=1S/C29H33FN2O5/c1-6-36-23-10-8-18(14-24(23)35-5)22(33)11-12-29(4,34)25-15-20-27(37-16-28(20,3)31)26(32-25)19-7-9-21(30)17(2)13-19/h7-10,13-15,34H,6,11-12,16,31H2,1-5H3/t28-,29+/m0/s1. The number of nitrogens with zero attached hydrogens (tertiary/aromatic N) is 1. The molecule has 0 fully saturated rings. The molecule has 0 amide bonds. The summed E-state index contributed by atoms with van der Waals surface area (Å²) >= 11 is 0. The molecule has 3 aromatic rings. The molecule has 7 nitrogen and oxygen atoms in total. The minimum Gasteiger partial charge on any atom is -0.493 e. The number of hydrogen-bond donors (Lipinski definition) is 2. The van der Waals surface area contributed by atoms with Gasteiger partial charge in [-0.3, -0.25) is 4.79 Å². The predicted molar refractivity (Wildman–Crippen MR) is 139 cm³/mol. The summed E-state index contributed by atoms with van der Waals surface area (Å²) < 4.78 is 30.7. The van der Waals surface area contributed by atoms with Gasteiger partial charge in [0.15, 0.2) is 23.0 Å². The Balaban J connectivity index is 1.64. The molecular weight excluding hydrogens is 475 g/mol. The van der Waals surface area contributed by atoms with Crippen LogP contribution in [0.1, 0.15) is 60.8 Å². The highest BCUT2D eigenvalue weighted by Crippen LogP contribution is 2.44. The van der Waals surface area contributed by atoms with Crippen LogP contribution in [0.4, 0.5) is 4.39 Å². The van der Waals surface area contributed by atoms with Crippen LogP contribution in [-0.2, 0) is 11.1 Å². The van der Waals surface area contributed by atoms with E-state index < -0.39 is 11.1 Å². The fourth-order valence-corrected chi connectivity index (χ4v) is 4.41. The second kappa shape index (κ2) is 10.1. The summed E-state index contributed by atoms with van der Waals surface area (Å²) in [7, 11) is 1.52. The number of ether oxygens (including phenoxy) is 3. The van der Waals surface area contributed by atoms with Crippen molar-refractivity contribution in [3.8, 4) is 28.5 Å². The average Bonchev–Trinajstić information content (AvgIpc) is 3.18. The van der Waals surface area contributed by atoms with E-state index in [0.29, 0.717) is 57.5 Å². The molecule has 3 N–H and O–H groups in total. The third-order valence-corrected chi connectivity index (χ3v) is 6.71. The quantitative estimate of drug-likeness (QED) is 0.390. The summed E-state index contributed by atoms with van der Waals surface area (Å²) in [4.78, 5) is 17.7. The monoisotopic (exact) mass is 508 g/mol. The molecule has 37 heavy (non-hydrogen) atoms. The first kappa shape index (κ1) is 26.6. The second-order valence-corrected chi connectivity index (χ2v) is 9.90. The average molecular weight is 509 g/mol. The number of aryl methyl sites for hydroxylation is 1. The Morgan fingerprint density at radius 3 is 2.68 bits per heavy atom. The van der Waals surface area contributed by atoms with Gasteiger partial charge in [-0.25, -0.2) is 9.37 Å². The molecular formula is C29H33FN2O5. The zero-order chi connectivity index (χ0) is 27.0. The molecule has 2 atom stereocenters. The first-order valence-electron chi connectivity index (χ1n) is 12.3. The number of pyridine rings is 1. The Morgan fingerprint density at radius 2 is 2.00 bits per heavy atom. The summed E-state index contributed by atoms with van der Waals surface area (Å²) in [5.74, 6) is 1.09. The molecule has 2 aromatic carbocycles. The van der Waals surface area contributed by atoms with Crippen molar-refractivity contribution in [3.05, 3.63) is 70.7 Å². The molecule has 2 heterocycles. The van der Waals surface area contributed by atoms with Crippen LogP contribution in [0.3, 0.4) is 0 Å². The van der Waals surface area contributed by atoms with E-state index in [1.165, 1.54) is 13.2 Å². The fraction of sp³-hybridized carbons (Fsp3) is 0.379. The maximum atomic E-state index is 13.9. The van der Waals surface area contributed by atoms with Crippen molar-refractivity contribution < 1.29 is 28.5 Å². The number of aromatic nitrogens is 1. The zero-order valence-corrected chi connectivity index (χ0v) is 21.9. The third-order valence-electron chi connectivity index (χ3n) is 6.71. The highest BCUT2D eigenvalue weighted by Gasteiger charge is 2.38. The Labute approximate surface area is 216 Å². The number of carbonyl (C=O) groups is 1. The van der Waals surface area contributed by atoms with Crippen molar-refractivity contribution in [3.63, 3.8) is 0 Å². The van der Waals surface area contributed by atoms with Gasteiger partial charge in [0.2, 0.25) is 0 Å². The Morgan fingerprint density at radius 1 is 1.24 bits per heavy atom. The van der Waals surface area contributed by atoms with Gasteiger partial charge in [-0.15, -0.1) is 0 Å². The van der Waals surface area contributed by atoms with E-state index in [2.05, 4.69) is 0 Å². The molecule has 0 spiro atoms. The minimum absolute atomic E-state index is 0.0737. The molecule has 0 aliphatic carbocycles. The number of ketones is 1. The summed E-state index contributed by atoms with van der Waals surface area (Å²) in [5.41, 5.74) is 7.39. The van der Waals surface area contributed by atoms with E-state index in [-0.39, 0.29) is 31.0 Å². The number of benzene rings is 2. The fourth-order valence-electron chi connectivity index (χ4n) is 4.41. The maximum absolute atomic E-state index is 13.9. The number of nitrogens with two attached hydrogens (primary N) is 1. The number of aliphatic hydroxyl groups is 1. The molecule has 1 aromatic heterocycles. The van der Waals surface area contributed by atoms with E-state index in [0.717, 1.165) is 0 Å². The van der Waals surface area contributed by atoms with Gasteiger partial charge in [-0.1, -0.05) is 0 Å². The smallest absolute Gasteiger partial charge is 0.163 e. The van der Waals surface area contributed by atoms with Crippen molar-refractivity contribution in [2.24, 2.45) is 5.73 Å². The normalized spacial score (nSPS) is 18.1. The summed E-state index contributed by atoms with van der Waals surface area (Å²) in [6, 6.07) is 11.5. The van der Waals surface area contributed by atoms with Crippen LogP contribution in [0.25, 0.3) is 11.3 Å². The van der Waals surface area contributed by atoms with Crippen LogP contribution in [0.2, 0.25) is 0 Å². The highest BCUT2D eigenvalue weighted by molar-refractivity contribution is 5.96. The van der Waals surface area contributed by atoms with Crippen LogP contribution in [-0.4, -0.2) is 36.2 Å². The van der Waals surface area contributed by atoms with Crippen molar-refractivity contribution in [1.82, 2.24) is 4.98 Å². The molecule has 0 unspecified atom stereocenters. The van der Waals surface area contributed by atoms with Gasteiger partial charge in [-0.2, -0.15) is 0 Å². The van der Waals surface area contributed by atoms with Crippen molar-refractivity contribution >= 4 is 5.78 Å². The number of rotatable bonds is 9. The summed E-state index contributed by atoms with van der Waals surface area (Å²) in [6.07, 6.45) is 0.196. The van der Waals surface area contributed by atoms with E-state index in [1.807, 2.05) is 13.8 Å². The van der Waals surface area contributed by atoms with Gasteiger partial charge in [0.05, 0.1) is 24.9 Å². The number of carbonyl (C=O) groups excluding carboxylic acids is 1. The number of hydrogen-bond acceptors (Lipinski definition) is 7. The molecule has 1 aliphatic rings. The first-order valence-corrected chi connectivity index (χ1v) is 12.3. The molecule has 4 rings (SSSR count). The molecule has 0 saturated carbocycles. The third kappa shape index (κ3) is 5.31. The van der Waals surface area contributed by atoms with E-state index in [4.69, 9.17) is 24.9 Å². The first-order chi connectivity index (χ1) is 17.5. The largest absolute Gasteiger partial charge is 0.493 e. The van der Waals surface area contributed by atoms with Crippen molar-refractivity contribution in [1.29, 1.82) is 0 Å². The van der Waals surface area contributed by atoms with Crippen molar-refractivity contribution in [2.75, 3.05) is 20.3 Å². The number of halogens is 1. The van der Waals surface area contributed by atoms with Crippen molar-refractivity contribution in [2.45, 2.75) is 51.7 Å². The highest BCUT2D eigenvalue weighted by atomic mass is 19.1. The van der Waals surface area contributed by atoms with Gasteiger partial charge in [0, 0.05) is 23.1 Å². The molecule has 0 saturated heterocycles. The lowest BCUT2D eigenvalue weighted by atomic mass is 9.88. The number of fused-ring (bicyclic) bond motifs is 1. The van der Waals surface area contributed by atoms with Crippen LogP contribution in [0.15, 0.2) is 42.5 Å². The van der Waals surface area contributed by atoms with E-state index in [1.54, 1.807) is 50.2 Å². The van der Waals surface area contributed by atoms with E-state index >= 15 is 0 Å². The lowest BCUT2D eigenvalue weighted by Gasteiger charge is -2.25. The Kier molecular flexibility index (Phi) is 7.26. The summed E-state index contributed by atoms with van der Waals surface area (Å²) in [6.45, 7) is 7.74. The van der Waals surface area contributed by atoms with E-state index in [9.17, 15) is 14.3 Å². The molecule has 196 valence electrons.